The van der Waals surface area contributed by atoms with Gasteiger partial charge in [0.2, 0.25) is 5.76 Å². The van der Waals surface area contributed by atoms with Crippen LogP contribution >= 0.6 is 0 Å². The van der Waals surface area contributed by atoms with Gasteiger partial charge < -0.3 is 19.3 Å². The Bertz CT molecular complexity index is 1480. The van der Waals surface area contributed by atoms with Crippen LogP contribution in [0.3, 0.4) is 0 Å². The van der Waals surface area contributed by atoms with Gasteiger partial charge in [-0.2, -0.15) is 0 Å². The monoisotopic (exact) mass is 669 g/mol. The maximum absolute atomic E-state index is 12.6. The van der Waals surface area contributed by atoms with E-state index in [2.05, 4.69) is 61.2 Å². The minimum atomic E-state index is -0.399. The summed E-state index contributed by atoms with van der Waals surface area (Å²) >= 11 is 0. The number of methoxy groups -OCH3 is 1. The van der Waals surface area contributed by atoms with E-state index in [0.717, 1.165) is 56.7 Å². The summed E-state index contributed by atoms with van der Waals surface area (Å²) in [5.74, 6) is 4.55. The van der Waals surface area contributed by atoms with Crippen molar-refractivity contribution < 1.29 is 24.1 Å². The van der Waals surface area contributed by atoms with Crippen molar-refractivity contribution in [3.8, 4) is 0 Å². The van der Waals surface area contributed by atoms with E-state index in [-0.39, 0.29) is 35.8 Å². The van der Waals surface area contributed by atoms with E-state index < -0.39 is 6.10 Å². The maximum Gasteiger partial charge on any atom is 0.343 e. The highest BCUT2D eigenvalue weighted by Crippen LogP contribution is 2.51. The fraction of sp³-hybridized carbons (Fsp3) is 0.651. The quantitative estimate of drug-likeness (QED) is 0.153. The number of aliphatic hydroxyl groups excluding tert-OH is 1. The van der Waals surface area contributed by atoms with Gasteiger partial charge in [0.05, 0.1) is 18.8 Å². The zero-order chi connectivity index (χ0) is 34.1. The molecule has 0 aromatic heterocycles. The van der Waals surface area contributed by atoms with Crippen LogP contribution in [0, 0.1) is 35.5 Å². The fourth-order valence-corrected chi connectivity index (χ4v) is 10.5. The SMILES string of the molecule is CCCCCc1cccc(CC2CC(C(O)C3C=CCC(C4CCCC4)C3)N3CCC=C4OC(=C5OC(=O)C(C)=C5OC)C(C)C4C3C2)c1. The lowest BCUT2D eigenvalue weighted by atomic mass is 9.70. The number of benzene rings is 1. The first-order valence-electron chi connectivity index (χ1n) is 19.6. The number of rotatable bonds is 10. The van der Waals surface area contributed by atoms with E-state index in [9.17, 15) is 9.90 Å². The summed E-state index contributed by atoms with van der Waals surface area (Å²) in [4.78, 5) is 15.3. The molecule has 6 aliphatic rings. The molecule has 4 heterocycles. The maximum atomic E-state index is 12.6. The first-order valence-corrected chi connectivity index (χ1v) is 19.6. The molecule has 0 bridgehead atoms. The van der Waals surface area contributed by atoms with Crippen molar-refractivity contribution >= 4 is 5.97 Å². The third kappa shape index (κ3) is 7.06. The number of cyclic esters (lactones) is 1. The van der Waals surface area contributed by atoms with Gasteiger partial charge in [-0.15, -0.1) is 0 Å². The molecule has 1 N–H and O–H groups in total. The van der Waals surface area contributed by atoms with Crippen molar-refractivity contribution in [3.05, 3.63) is 82.2 Å². The van der Waals surface area contributed by atoms with Gasteiger partial charge in [-0.25, -0.2) is 4.79 Å². The number of hydrogen-bond donors (Lipinski definition) is 1. The number of unbranched alkanes of at least 4 members (excludes halogenated alkanes) is 2. The van der Waals surface area contributed by atoms with Crippen molar-refractivity contribution in [1.82, 2.24) is 4.90 Å². The summed E-state index contributed by atoms with van der Waals surface area (Å²) in [6.45, 7) is 7.16. The number of aryl methyl sites for hydroxylation is 1. The van der Waals surface area contributed by atoms with E-state index in [1.54, 1.807) is 14.0 Å². The zero-order valence-corrected chi connectivity index (χ0v) is 30.4. The molecular weight excluding hydrogens is 610 g/mol. The van der Waals surface area contributed by atoms with E-state index in [0.29, 0.717) is 34.7 Å². The third-order valence-electron chi connectivity index (χ3n) is 13.0. The highest BCUT2D eigenvalue weighted by atomic mass is 16.6. The highest BCUT2D eigenvalue weighted by Gasteiger charge is 2.52. The average molecular weight is 670 g/mol. The lowest BCUT2D eigenvalue weighted by Crippen LogP contribution is -2.58. The normalized spacial score (nSPS) is 34.3. The van der Waals surface area contributed by atoms with Crippen molar-refractivity contribution in [1.29, 1.82) is 0 Å². The Morgan fingerprint density at radius 1 is 1.06 bits per heavy atom. The van der Waals surface area contributed by atoms with Crippen LogP contribution < -0.4 is 0 Å². The number of carbonyl (C=O) groups is 1. The minimum Gasteiger partial charge on any atom is -0.492 e. The molecular formula is C43H59NO5. The Morgan fingerprint density at radius 2 is 1.88 bits per heavy atom. The van der Waals surface area contributed by atoms with Crippen LogP contribution in [0.25, 0.3) is 0 Å². The summed E-state index contributed by atoms with van der Waals surface area (Å²) in [6, 6.07) is 9.61. The number of esters is 1. The largest absolute Gasteiger partial charge is 0.492 e. The molecule has 0 spiro atoms. The molecule has 2 aliphatic carbocycles. The summed E-state index contributed by atoms with van der Waals surface area (Å²) in [5.41, 5.74) is 3.35. The molecule has 0 radical (unpaired) electrons. The highest BCUT2D eigenvalue weighted by molar-refractivity contribution is 5.93. The van der Waals surface area contributed by atoms with Gasteiger partial charge in [0.1, 0.15) is 5.76 Å². The molecule has 1 aromatic rings. The number of ether oxygens (including phenoxy) is 3. The predicted molar refractivity (Wildman–Crippen MR) is 193 cm³/mol. The van der Waals surface area contributed by atoms with Crippen molar-refractivity contribution in [3.63, 3.8) is 0 Å². The van der Waals surface area contributed by atoms with Crippen molar-refractivity contribution in [2.45, 2.75) is 129 Å². The first kappa shape index (κ1) is 34.6. The second-order valence-electron chi connectivity index (χ2n) is 16.1. The van der Waals surface area contributed by atoms with Crippen LogP contribution in [-0.4, -0.2) is 47.8 Å². The lowest BCUT2D eigenvalue weighted by Gasteiger charge is -2.50. The summed E-state index contributed by atoms with van der Waals surface area (Å²) < 4.78 is 18.1. The van der Waals surface area contributed by atoms with Gasteiger partial charge in [0, 0.05) is 36.4 Å². The molecule has 1 aromatic carbocycles. The Kier molecular flexibility index (Phi) is 10.7. The number of allylic oxidation sites excluding steroid dienone is 2. The number of hydrogen-bond acceptors (Lipinski definition) is 6. The average Bonchev–Trinajstić information content (AvgIpc) is 3.80. The van der Waals surface area contributed by atoms with E-state index >= 15 is 0 Å². The smallest absolute Gasteiger partial charge is 0.343 e. The molecule has 8 atom stereocenters. The second kappa shape index (κ2) is 15.2. The minimum absolute atomic E-state index is 0.00969. The molecule has 8 unspecified atom stereocenters. The molecule has 4 aliphatic heterocycles. The first-order chi connectivity index (χ1) is 23.9. The van der Waals surface area contributed by atoms with Gasteiger partial charge in [0.15, 0.2) is 11.5 Å². The molecule has 7 rings (SSSR count). The van der Waals surface area contributed by atoms with Gasteiger partial charge in [-0.05, 0) is 93.2 Å². The van der Waals surface area contributed by atoms with Crippen LogP contribution in [0.1, 0.15) is 109 Å². The van der Waals surface area contributed by atoms with Crippen LogP contribution in [-0.2, 0) is 31.8 Å². The zero-order valence-electron chi connectivity index (χ0n) is 30.4. The topological polar surface area (TPSA) is 68.2 Å². The Morgan fingerprint density at radius 3 is 2.67 bits per heavy atom. The van der Waals surface area contributed by atoms with Crippen molar-refractivity contribution in [2.75, 3.05) is 13.7 Å². The van der Waals surface area contributed by atoms with Gasteiger partial charge in [-0.1, -0.05) is 88.8 Å². The molecule has 2 saturated heterocycles. The van der Waals surface area contributed by atoms with E-state index in [1.807, 2.05) is 0 Å². The van der Waals surface area contributed by atoms with Crippen LogP contribution in [0.4, 0.5) is 0 Å². The third-order valence-corrected chi connectivity index (χ3v) is 13.0. The van der Waals surface area contributed by atoms with Crippen LogP contribution in [0.15, 0.2) is 71.1 Å². The van der Waals surface area contributed by atoms with Crippen LogP contribution in [0.2, 0.25) is 0 Å². The van der Waals surface area contributed by atoms with Gasteiger partial charge >= 0.3 is 5.97 Å². The second-order valence-corrected chi connectivity index (χ2v) is 16.1. The van der Waals surface area contributed by atoms with Crippen molar-refractivity contribution in [2.24, 2.45) is 35.5 Å². The number of carbonyl (C=O) groups excluding carboxylic acids is 1. The molecule has 1 saturated carbocycles. The summed E-state index contributed by atoms with van der Waals surface area (Å²) in [7, 11) is 1.59. The number of aliphatic hydroxyl groups is 1. The molecule has 6 heteroatoms. The van der Waals surface area contributed by atoms with Crippen LogP contribution in [0.5, 0.6) is 0 Å². The molecule has 49 heavy (non-hydrogen) atoms. The standard InChI is InChI=1S/C43H59NO5/c1-5-6-7-13-29-14-10-15-30(22-29)23-31-24-35-38-27(2)41(42-40(47-4)28(3)43(46)49-42)48-37(38)20-12-21-44(35)36(25-31)39(45)34-19-11-18-33(26-34)32-16-8-9-17-32/h10-11,14-15,19-20,22,27,31-36,38-39,45H,5-9,12-13,16-18,21,23-26H2,1-4H3. The number of nitrogens with zero attached hydrogens (tertiary/aromatic N) is 1. The molecule has 3 fully saturated rings. The Balaban J connectivity index is 1.18. The predicted octanol–water partition coefficient (Wildman–Crippen LogP) is 8.80. The molecule has 6 nitrogen and oxygen atoms in total. The summed E-state index contributed by atoms with van der Waals surface area (Å²) in [5, 5.41) is 12.5. The Hall–Kier alpha value is -2.83. The van der Waals surface area contributed by atoms with Gasteiger partial charge in [-0.3, -0.25) is 4.90 Å². The number of fused-ring (bicyclic) bond motifs is 3. The van der Waals surface area contributed by atoms with E-state index in [4.69, 9.17) is 14.2 Å². The summed E-state index contributed by atoms with van der Waals surface area (Å²) in [6.07, 6.45) is 23.2. The van der Waals surface area contributed by atoms with Gasteiger partial charge in [0.25, 0.3) is 0 Å². The molecule has 0 amide bonds. The number of piperidine rings is 1. The Labute approximate surface area is 294 Å². The molecule has 266 valence electrons. The lowest BCUT2D eigenvalue weighted by molar-refractivity contribution is -0.133. The van der Waals surface area contributed by atoms with E-state index in [1.165, 1.54) is 62.5 Å². The fourth-order valence-electron chi connectivity index (χ4n) is 10.5.